The Morgan fingerprint density at radius 2 is 1.93 bits per heavy atom. The van der Waals surface area contributed by atoms with Crippen molar-refractivity contribution in [2.75, 3.05) is 5.75 Å². The molecule has 1 N–H and O–H groups in total. The Hall–Kier alpha value is -1.87. The van der Waals surface area contributed by atoms with Gasteiger partial charge in [0, 0.05) is 5.56 Å². The van der Waals surface area contributed by atoms with Crippen molar-refractivity contribution in [2.45, 2.75) is 51.3 Å². The van der Waals surface area contributed by atoms with Crippen molar-refractivity contribution < 1.29 is 26.7 Å². The summed E-state index contributed by atoms with van der Waals surface area (Å²) in [7, 11) is -3.14. The molecule has 0 amide bonds. The number of halogens is 3. The van der Waals surface area contributed by atoms with Crippen molar-refractivity contribution in [1.82, 2.24) is 9.78 Å². The van der Waals surface area contributed by atoms with E-state index in [2.05, 4.69) is 5.10 Å². The fourth-order valence-corrected chi connectivity index (χ4v) is 4.94. The van der Waals surface area contributed by atoms with Crippen LogP contribution in [0.25, 0.3) is 0 Å². The fourth-order valence-electron chi connectivity index (χ4n) is 3.66. The number of hydrogen-bond acceptors (Lipinski definition) is 4. The lowest BCUT2D eigenvalue weighted by molar-refractivity contribution is -0.145. The Morgan fingerprint density at radius 1 is 1.25 bits per heavy atom. The first-order chi connectivity index (χ1) is 13.0. The highest BCUT2D eigenvalue weighted by Gasteiger charge is 2.38. The number of hydrogen-bond donors (Lipinski definition) is 1. The number of aliphatic hydroxyl groups is 1. The average Bonchev–Trinajstić information content (AvgIpc) is 3.16. The van der Waals surface area contributed by atoms with Gasteiger partial charge in [0.25, 0.3) is 0 Å². The second-order valence-corrected chi connectivity index (χ2v) is 10.2. The SMILES string of the molecule is CC(C)S(=O)(=O)C[C@H]1Cc2ccc(Cn3ncc(CO)c3C(F)(F)F)cc2C1. The van der Waals surface area contributed by atoms with E-state index < -0.39 is 33.6 Å². The smallest absolute Gasteiger partial charge is 0.392 e. The summed E-state index contributed by atoms with van der Waals surface area (Å²) in [6.45, 7) is 2.53. The van der Waals surface area contributed by atoms with Gasteiger partial charge in [-0.2, -0.15) is 18.3 Å². The molecule has 3 rings (SSSR count). The Morgan fingerprint density at radius 3 is 2.54 bits per heavy atom. The van der Waals surface area contributed by atoms with Crippen LogP contribution in [-0.2, 0) is 42.0 Å². The topological polar surface area (TPSA) is 72.2 Å². The van der Waals surface area contributed by atoms with E-state index in [0.717, 1.165) is 22.0 Å². The molecule has 5 nitrogen and oxygen atoms in total. The Balaban J connectivity index is 1.79. The minimum Gasteiger partial charge on any atom is -0.392 e. The normalized spacial score (nSPS) is 17.3. The summed E-state index contributed by atoms with van der Waals surface area (Å²) in [5.74, 6) is 0.112. The van der Waals surface area contributed by atoms with Gasteiger partial charge in [-0.15, -0.1) is 0 Å². The molecule has 28 heavy (non-hydrogen) atoms. The number of aliphatic hydroxyl groups excluding tert-OH is 1. The third-order valence-corrected chi connectivity index (χ3v) is 7.53. The third kappa shape index (κ3) is 4.25. The number of aromatic nitrogens is 2. The fraction of sp³-hybridized carbons (Fsp3) is 0.526. The van der Waals surface area contributed by atoms with Gasteiger partial charge in [0.1, 0.15) is 5.69 Å². The Kier molecular flexibility index (Phi) is 5.60. The van der Waals surface area contributed by atoms with Gasteiger partial charge in [-0.3, -0.25) is 4.68 Å². The predicted octanol–water partition coefficient (Wildman–Crippen LogP) is 2.98. The van der Waals surface area contributed by atoms with Gasteiger partial charge >= 0.3 is 6.18 Å². The largest absolute Gasteiger partial charge is 0.433 e. The molecule has 2 aromatic rings. The van der Waals surface area contributed by atoms with Crippen LogP contribution in [0.2, 0.25) is 0 Å². The molecule has 0 spiro atoms. The van der Waals surface area contributed by atoms with Crippen LogP contribution in [0.5, 0.6) is 0 Å². The Labute approximate surface area is 162 Å². The van der Waals surface area contributed by atoms with Gasteiger partial charge in [-0.25, -0.2) is 8.42 Å². The van der Waals surface area contributed by atoms with Gasteiger partial charge in [-0.05, 0) is 49.3 Å². The van der Waals surface area contributed by atoms with E-state index in [0.29, 0.717) is 18.4 Å². The van der Waals surface area contributed by atoms with E-state index in [4.69, 9.17) is 5.11 Å². The zero-order chi connectivity index (χ0) is 20.7. The minimum atomic E-state index is -4.61. The van der Waals surface area contributed by atoms with Gasteiger partial charge < -0.3 is 5.11 Å². The van der Waals surface area contributed by atoms with Crippen LogP contribution in [0.15, 0.2) is 24.4 Å². The molecule has 1 heterocycles. The van der Waals surface area contributed by atoms with Crippen LogP contribution < -0.4 is 0 Å². The molecule has 0 fully saturated rings. The van der Waals surface area contributed by atoms with E-state index in [1.54, 1.807) is 19.9 Å². The molecule has 1 atom stereocenters. The molecule has 0 aliphatic heterocycles. The summed E-state index contributed by atoms with van der Waals surface area (Å²) in [6, 6.07) is 5.44. The molecule has 1 aromatic carbocycles. The molecule has 0 saturated carbocycles. The molecule has 1 aliphatic carbocycles. The van der Waals surface area contributed by atoms with Gasteiger partial charge in [0.2, 0.25) is 0 Å². The first-order valence-electron chi connectivity index (χ1n) is 9.06. The quantitative estimate of drug-likeness (QED) is 0.786. The van der Waals surface area contributed by atoms with Gasteiger partial charge in [0.05, 0.1) is 30.4 Å². The number of sulfone groups is 1. The summed E-state index contributed by atoms with van der Waals surface area (Å²) in [5.41, 5.74) is 1.47. The van der Waals surface area contributed by atoms with E-state index in [1.807, 2.05) is 12.1 Å². The number of fused-ring (bicyclic) bond motifs is 1. The second kappa shape index (κ2) is 7.51. The molecule has 0 radical (unpaired) electrons. The molecular formula is C19H23F3N2O3S. The van der Waals surface area contributed by atoms with Crippen molar-refractivity contribution >= 4 is 9.84 Å². The number of nitrogens with zero attached hydrogens (tertiary/aromatic N) is 2. The lowest BCUT2D eigenvalue weighted by Crippen LogP contribution is -2.23. The molecule has 0 saturated heterocycles. The number of rotatable bonds is 6. The summed E-state index contributed by atoms with van der Waals surface area (Å²) in [4.78, 5) is 0. The van der Waals surface area contributed by atoms with E-state index in [-0.39, 0.29) is 23.8 Å². The molecule has 1 aliphatic rings. The lowest BCUT2D eigenvalue weighted by atomic mass is 10.1. The molecule has 0 bridgehead atoms. The minimum absolute atomic E-state index is 0.00548. The maximum atomic E-state index is 13.3. The third-order valence-electron chi connectivity index (χ3n) is 5.16. The monoisotopic (exact) mass is 416 g/mol. The zero-order valence-corrected chi connectivity index (χ0v) is 16.5. The van der Waals surface area contributed by atoms with Gasteiger partial charge in [0.15, 0.2) is 9.84 Å². The summed E-state index contributed by atoms with van der Waals surface area (Å²) in [6.07, 6.45) is -2.32. The molecule has 9 heteroatoms. The first-order valence-corrected chi connectivity index (χ1v) is 10.8. The number of alkyl halides is 3. The first kappa shape index (κ1) is 20.9. The highest BCUT2D eigenvalue weighted by Crippen LogP contribution is 2.33. The van der Waals surface area contributed by atoms with Gasteiger partial charge in [-0.1, -0.05) is 18.2 Å². The van der Waals surface area contributed by atoms with Crippen molar-refractivity contribution in [3.63, 3.8) is 0 Å². The standard InChI is InChI=1S/C19H23F3N2O3S/c1-12(2)28(26,27)11-14-6-15-4-3-13(5-16(15)7-14)9-24-18(19(20,21)22)17(10-25)8-23-24/h3-5,8,12,14,25H,6-7,9-11H2,1-2H3/t14-/m0/s1. The van der Waals surface area contributed by atoms with Crippen LogP contribution in [0.3, 0.4) is 0 Å². The van der Waals surface area contributed by atoms with Crippen LogP contribution in [0.4, 0.5) is 13.2 Å². The summed E-state index contributed by atoms with van der Waals surface area (Å²) < 4.78 is 65.1. The van der Waals surface area contributed by atoms with E-state index in [9.17, 15) is 21.6 Å². The van der Waals surface area contributed by atoms with Crippen LogP contribution in [-0.4, -0.2) is 34.3 Å². The maximum absolute atomic E-state index is 13.3. The predicted molar refractivity (Wildman–Crippen MR) is 98.5 cm³/mol. The second-order valence-electron chi connectivity index (χ2n) is 7.59. The molecule has 154 valence electrons. The lowest BCUT2D eigenvalue weighted by Gasteiger charge is -2.13. The average molecular weight is 416 g/mol. The maximum Gasteiger partial charge on any atom is 0.433 e. The Bertz CT molecular complexity index is 965. The van der Waals surface area contributed by atoms with Crippen LogP contribution >= 0.6 is 0 Å². The number of benzene rings is 1. The van der Waals surface area contributed by atoms with Crippen LogP contribution in [0.1, 0.15) is 41.8 Å². The van der Waals surface area contributed by atoms with Crippen molar-refractivity contribution in [1.29, 1.82) is 0 Å². The van der Waals surface area contributed by atoms with E-state index >= 15 is 0 Å². The summed E-state index contributed by atoms with van der Waals surface area (Å²) in [5, 5.41) is 12.5. The zero-order valence-electron chi connectivity index (χ0n) is 15.7. The highest BCUT2D eigenvalue weighted by molar-refractivity contribution is 7.91. The molecule has 1 aromatic heterocycles. The van der Waals surface area contributed by atoms with Crippen molar-refractivity contribution in [3.05, 3.63) is 52.3 Å². The van der Waals surface area contributed by atoms with Crippen LogP contribution in [0, 0.1) is 5.92 Å². The summed E-state index contributed by atoms with van der Waals surface area (Å²) >= 11 is 0. The molecule has 0 unspecified atom stereocenters. The van der Waals surface area contributed by atoms with Crippen molar-refractivity contribution in [3.8, 4) is 0 Å². The van der Waals surface area contributed by atoms with Crippen molar-refractivity contribution in [2.24, 2.45) is 5.92 Å². The molecular weight excluding hydrogens is 393 g/mol. The highest BCUT2D eigenvalue weighted by atomic mass is 32.2. The van der Waals surface area contributed by atoms with E-state index in [1.165, 1.54) is 0 Å².